The molecule has 0 amide bonds. The van der Waals surface area contributed by atoms with Crippen LogP contribution in [0.2, 0.25) is 0 Å². The molecule has 1 saturated heterocycles. The van der Waals surface area contributed by atoms with E-state index in [-0.39, 0.29) is 6.42 Å². The number of carbonyl (C=O) groups excluding carboxylic acids is 1. The first-order chi connectivity index (χ1) is 3.70. The fourth-order valence-electron chi connectivity index (χ4n) is 0.499. The summed E-state index contributed by atoms with van der Waals surface area (Å²) in [6.07, 6.45) is -1.52. The summed E-state index contributed by atoms with van der Waals surface area (Å²) >= 11 is 5.14. The lowest BCUT2D eigenvalue weighted by molar-refractivity contribution is -0.139. The van der Waals surface area contributed by atoms with Gasteiger partial charge in [0.2, 0.25) is 5.56 Å². The molecule has 2 unspecified atom stereocenters. The summed E-state index contributed by atoms with van der Waals surface area (Å²) in [4.78, 5) is 10.1. The molecule has 2 nitrogen and oxygen atoms in total. The number of alkyl halides is 2. The smallest absolute Gasteiger partial charge is 0.310 e. The van der Waals surface area contributed by atoms with Gasteiger partial charge < -0.3 is 4.74 Å². The third-order valence-electron chi connectivity index (χ3n) is 0.890. The fourth-order valence-corrected chi connectivity index (χ4v) is 0.688. The lowest BCUT2D eigenvalue weighted by Crippen LogP contribution is -2.07. The molecule has 0 saturated carbocycles. The largest absolute Gasteiger partial charge is 0.443 e. The van der Waals surface area contributed by atoms with Gasteiger partial charge in [0.15, 0.2) is 6.17 Å². The third kappa shape index (κ3) is 0.916. The van der Waals surface area contributed by atoms with Gasteiger partial charge in [-0.25, -0.2) is 4.39 Å². The Morgan fingerprint density at radius 3 is 2.62 bits per heavy atom. The number of hydrogen-bond donors (Lipinski definition) is 0. The number of hydrogen-bond acceptors (Lipinski definition) is 2. The van der Waals surface area contributed by atoms with Crippen molar-refractivity contribution < 1.29 is 13.9 Å². The van der Waals surface area contributed by atoms with Crippen LogP contribution in [0.25, 0.3) is 0 Å². The highest BCUT2D eigenvalue weighted by Crippen LogP contribution is 2.20. The number of cyclic esters (lactones) is 1. The van der Waals surface area contributed by atoms with Crippen LogP contribution < -0.4 is 0 Å². The quantitative estimate of drug-likeness (QED) is 0.366. The molecule has 2 atom stereocenters. The average Bonchev–Trinajstić information content (AvgIpc) is 1.85. The summed E-state index contributed by atoms with van der Waals surface area (Å²) in [7, 11) is 0. The van der Waals surface area contributed by atoms with E-state index in [0.717, 1.165) is 0 Å². The average molecular weight is 139 g/mol. The minimum Gasteiger partial charge on any atom is -0.443 e. The first-order valence-corrected chi connectivity index (χ1v) is 2.61. The maximum atomic E-state index is 12.1. The van der Waals surface area contributed by atoms with Crippen molar-refractivity contribution in [2.45, 2.75) is 18.2 Å². The maximum Gasteiger partial charge on any atom is 0.310 e. The van der Waals surface area contributed by atoms with Crippen LogP contribution in [0.3, 0.4) is 0 Å². The SMILES string of the molecule is O=C1CC(F)C(Cl)O1. The summed E-state index contributed by atoms with van der Waals surface area (Å²) in [6.45, 7) is 0. The van der Waals surface area contributed by atoms with E-state index in [1.54, 1.807) is 0 Å². The highest BCUT2D eigenvalue weighted by atomic mass is 35.5. The minimum absolute atomic E-state index is 0.200. The van der Waals surface area contributed by atoms with Crippen molar-refractivity contribution in [3.05, 3.63) is 0 Å². The fraction of sp³-hybridized carbons (Fsp3) is 0.750. The van der Waals surface area contributed by atoms with Gasteiger partial charge in [0.05, 0.1) is 6.42 Å². The summed E-state index contributed by atoms with van der Waals surface area (Å²) in [5.41, 5.74) is -1.05. The van der Waals surface area contributed by atoms with E-state index >= 15 is 0 Å². The molecule has 46 valence electrons. The van der Waals surface area contributed by atoms with Gasteiger partial charge in [-0.3, -0.25) is 4.79 Å². The highest BCUT2D eigenvalue weighted by molar-refractivity contribution is 6.21. The summed E-state index contributed by atoms with van der Waals surface area (Å²) in [5.74, 6) is -0.558. The monoisotopic (exact) mass is 138 g/mol. The molecule has 1 rings (SSSR count). The third-order valence-corrected chi connectivity index (χ3v) is 1.25. The van der Waals surface area contributed by atoms with Gasteiger partial charge in [0, 0.05) is 0 Å². The van der Waals surface area contributed by atoms with Crippen molar-refractivity contribution in [2.75, 3.05) is 0 Å². The van der Waals surface area contributed by atoms with Gasteiger partial charge in [0.25, 0.3) is 0 Å². The molecule has 4 heteroatoms. The van der Waals surface area contributed by atoms with Gasteiger partial charge in [-0.15, -0.1) is 0 Å². The standard InChI is InChI=1S/C4H4ClFO2/c5-4-2(6)1-3(7)8-4/h2,4H,1H2. The molecule has 0 aromatic heterocycles. The molecule has 8 heavy (non-hydrogen) atoms. The zero-order valence-electron chi connectivity index (χ0n) is 3.93. The summed E-state index contributed by atoms with van der Waals surface area (Å²) < 4.78 is 16.3. The molecular formula is C4H4ClFO2. The van der Waals surface area contributed by atoms with E-state index in [0.29, 0.717) is 0 Å². The summed E-state index contributed by atoms with van der Waals surface area (Å²) in [5, 5.41) is 0. The van der Waals surface area contributed by atoms with Crippen molar-refractivity contribution in [2.24, 2.45) is 0 Å². The Morgan fingerprint density at radius 1 is 1.88 bits per heavy atom. The highest BCUT2D eigenvalue weighted by Gasteiger charge is 2.32. The van der Waals surface area contributed by atoms with Crippen LogP contribution in [0, 0.1) is 0 Å². The number of rotatable bonds is 0. The maximum absolute atomic E-state index is 12.1. The van der Waals surface area contributed by atoms with Crippen LogP contribution in [-0.2, 0) is 9.53 Å². The van der Waals surface area contributed by atoms with Crippen molar-refractivity contribution >= 4 is 17.6 Å². The first-order valence-electron chi connectivity index (χ1n) is 2.18. The van der Waals surface area contributed by atoms with Crippen molar-refractivity contribution in [3.63, 3.8) is 0 Å². The van der Waals surface area contributed by atoms with Crippen LogP contribution in [0.5, 0.6) is 0 Å². The molecule has 1 aliphatic heterocycles. The molecule has 1 fully saturated rings. The van der Waals surface area contributed by atoms with E-state index in [4.69, 9.17) is 11.6 Å². The van der Waals surface area contributed by atoms with E-state index in [9.17, 15) is 9.18 Å². The van der Waals surface area contributed by atoms with Crippen molar-refractivity contribution in [1.82, 2.24) is 0 Å². The van der Waals surface area contributed by atoms with E-state index in [1.807, 2.05) is 0 Å². The number of carbonyl (C=O) groups is 1. The molecule has 0 radical (unpaired) electrons. The van der Waals surface area contributed by atoms with Gasteiger partial charge in [-0.05, 0) is 0 Å². The summed E-state index contributed by atoms with van der Waals surface area (Å²) in [6, 6.07) is 0. The first kappa shape index (κ1) is 5.82. The van der Waals surface area contributed by atoms with Crippen molar-refractivity contribution in [3.8, 4) is 0 Å². The molecular weight excluding hydrogens is 134 g/mol. The van der Waals surface area contributed by atoms with Crippen molar-refractivity contribution in [1.29, 1.82) is 0 Å². The zero-order chi connectivity index (χ0) is 6.15. The second-order valence-electron chi connectivity index (χ2n) is 1.56. The minimum atomic E-state index is -1.32. The predicted molar refractivity (Wildman–Crippen MR) is 25.2 cm³/mol. The molecule has 0 aliphatic carbocycles. The molecule has 0 aromatic rings. The number of halogens is 2. The molecule has 0 aromatic carbocycles. The van der Waals surface area contributed by atoms with Gasteiger partial charge in [-0.1, -0.05) is 11.6 Å². The normalized spacial score (nSPS) is 37.5. The number of ether oxygens (including phenoxy) is 1. The van der Waals surface area contributed by atoms with Crippen LogP contribution in [0.4, 0.5) is 4.39 Å². The Bertz CT molecular complexity index is 105. The van der Waals surface area contributed by atoms with Crippen LogP contribution in [0.1, 0.15) is 6.42 Å². The molecule has 0 spiro atoms. The zero-order valence-corrected chi connectivity index (χ0v) is 4.69. The Kier molecular flexibility index (Phi) is 1.38. The van der Waals surface area contributed by atoms with Gasteiger partial charge in [-0.2, -0.15) is 0 Å². The lowest BCUT2D eigenvalue weighted by atomic mass is 10.3. The van der Waals surface area contributed by atoms with Crippen LogP contribution in [0.15, 0.2) is 0 Å². The van der Waals surface area contributed by atoms with Gasteiger partial charge >= 0.3 is 5.97 Å². The molecule has 1 heterocycles. The predicted octanol–water partition coefficient (Wildman–Crippen LogP) is 0.836. The Balaban J connectivity index is 2.51. The molecule has 0 bridgehead atoms. The topological polar surface area (TPSA) is 26.3 Å². The number of esters is 1. The second-order valence-corrected chi connectivity index (χ2v) is 1.99. The van der Waals surface area contributed by atoms with E-state index in [1.165, 1.54) is 0 Å². The van der Waals surface area contributed by atoms with E-state index < -0.39 is 17.7 Å². The van der Waals surface area contributed by atoms with Gasteiger partial charge in [0.1, 0.15) is 0 Å². The Morgan fingerprint density at radius 2 is 2.50 bits per heavy atom. The molecule has 1 aliphatic rings. The Hall–Kier alpha value is -0.310. The molecule has 0 N–H and O–H groups in total. The lowest BCUT2D eigenvalue weighted by Gasteiger charge is -1.97. The van der Waals surface area contributed by atoms with Crippen LogP contribution >= 0.6 is 11.6 Å². The van der Waals surface area contributed by atoms with E-state index in [2.05, 4.69) is 4.74 Å². The van der Waals surface area contributed by atoms with Crippen LogP contribution in [-0.4, -0.2) is 17.7 Å². The Labute approximate surface area is 50.6 Å². The second kappa shape index (κ2) is 1.90.